The number of halogens is 4. The second-order valence-electron chi connectivity index (χ2n) is 8.72. The third-order valence-corrected chi connectivity index (χ3v) is 6.74. The average Bonchev–Trinajstić information content (AvgIpc) is 2.99. The maximum atomic E-state index is 15.2. The molecule has 1 heterocycles. The van der Waals surface area contributed by atoms with Gasteiger partial charge in [0.2, 0.25) is 5.43 Å². The van der Waals surface area contributed by atoms with Gasteiger partial charge in [0.15, 0.2) is 17.3 Å². The second-order valence-corrected chi connectivity index (χ2v) is 9.10. The van der Waals surface area contributed by atoms with Gasteiger partial charge < -0.3 is 29.2 Å². The van der Waals surface area contributed by atoms with Crippen LogP contribution in [0.1, 0.15) is 28.4 Å². The molecule has 0 bridgehead atoms. The van der Waals surface area contributed by atoms with Gasteiger partial charge in [0.25, 0.3) is 0 Å². The summed E-state index contributed by atoms with van der Waals surface area (Å²) in [6, 6.07) is 7.15. The first kappa shape index (κ1) is 30.3. The summed E-state index contributed by atoms with van der Waals surface area (Å²) in [7, 11) is 2.94. The number of aliphatic hydroxyl groups excluding tert-OH is 1. The fourth-order valence-electron chi connectivity index (χ4n) is 4.37. The van der Waals surface area contributed by atoms with Crippen molar-refractivity contribution in [3.05, 3.63) is 90.8 Å². The Morgan fingerprint density at radius 2 is 1.83 bits per heavy atom. The van der Waals surface area contributed by atoms with Gasteiger partial charge in [-0.05, 0) is 36.4 Å². The fraction of sp³-hybridized carbons (Fsp3) is 0.214. The van der Waals surface area contributed by atoms with Crippen LogP contribution in [0, 0.1) is 22.4 Å². The third-order valence-electron chi connectivity index (χ3n) is 6.39. The Labute approximate surface area is 241 Å². The first-order valence-electron chi connectivity index (χ1n) is 12.3. The number of nitrogens with zero attached hydrogens (tertiary/aromatic N) is 2. The van der Waals surface area contributed by atoms with Gasteiger partial charge in [0.1, 0.15) is 27.9 Å². The predicted octanol–water partition coefficient (Wildman–Crippen LogP) is 5.76. The van der Waals surface area contributed by atoms with Crippen LogP contribution < -0.4 is 20.2 Å². The minimum atomic E-state index is -1.80. The molecule has 0 saturated heterocycles. The fourth-order valence-corrected chi connectivity index (χ4v) is 4.64. The van der Waals surface area contributed by atoms with Crippen molar-refractivity contribution in [3.8, 4) is 17.2 Å². The number of carbonyl (C=O) groups is 1. The van der Waals surface area contributed by atoms with Crippen LogP contribution in [0.3, 0.4) is 0 Å². The number of rotatable bonds is 10. The minimum absolute atomic E-state index is 0.0425. The maximum Gasteiger partial charge on any atom is 0.343 e. The first-order valence-corrected chi connectivity index (χ1v) is 12.6. The van der Waals surface area contributed by atoms with Gasteiger partial charge in [-0.1, -0.05) is 11.6 Å². The van der Waals surface area contributed by atoms with Crippen molar-refractivity contribution >= 4 is 39.8 Å². The van der Waals surface area contributed by atoms with E-state index in [-0.39, 0.29) is 30.1 Å². The zero-order valence-electron chi connectivity index (χ0n) is 22.4. The first-order chi connectivity index (χ1) is 20.1. The van der Waals surface area contributed by atoms with Crippen molar-refractivity contribution in [2.45, 2.75) is 20.1 Å². The Balaban J connectivity index is 1.99. The van der Waals surface area contributed by atoms with E-state index < -0.39 is 62.6 Å². The summed E-state index contributed by atoms with van der Waals surface area (Å²) >= 11 is 6.14. The summed E-state index contributed by atoms with van der Waals surface area (Å²) in [4.78, 5) is 37.5. The summed E-state index contributed by atoms with van der Waals surface area (Å²) in [6.45, 7) is 0.610. The number of aromatic nitrogens is 1. The molecule has 10 nitrogen and oxygen atoms in total. The molecular weight excluding hydrogens is 583 g/mol. The molecule has 0 aliphatic rings. The number of hydrogen-bond donors (Lipinski definition) is 2. The number of ether oxygens (including phenoxy) is 3. The summed E-state index contributed by atoms with van der Waals surface area (Å²) in [5.74, 6) is -4.46. The number of esters is 1. The highest BCUT2D eigenvalue weighted by Crippen LogP contribution is 2.38. The number of carbonyl (C=O) groups excluding carboxylic acids is 1. The van der Waals surface area contributed by atoms with Gasteiger partial charge in [0, 0.05) is 29.9 Å². The lowest BCUT2D eigenvalue weighted by molar-refractivity contribution is 0.0524. The normalized spacial score (nSPS) is 11.0. The molecule has 0 fully saturated rings. The molecule has 220 valence electrons. The minimum Gasteiger partial charge on any atom is -0.497 e. The van der Waals surface area contributed by atoms with Gasteiger partial charge in [-0.25, -0.2) is 18.0 Å². The van der Waals surface area contributed by atoms with Crippen molar-refractivity contribution < 1.29 is 37.3 Å². The summed E-state index contributed by atoms with van der Waals surface area (Å²) in [5, 5.41) is 13.7. The van der Waals surface area contributed by atoms with Gasteiger partial charge in [0.05, 0.1) is 49.7 Å². The third kappa shape index (κ3) is 5.35. The van der Waals surface area contributed by atoms with Crippen LogP contribution >= 0.6 is 11.6 Å². The molecule has 0 unspecified atom stereocenters. The molecule has 0 saturated carbocycles. The molecular formula is C28H23ClF3N3O7. The number of pyridine rings is 1. The standard InChI is InChI=1S/C28H23ClF3N3O7/c1-4-42-28(38)16-11-35(26-21(27(16)37)25(34-39)24(32)23(31)22(26)29)19-9-18(17(30)7-14(19)12-36)33-10-13-5-6-15(40-2)8-20(13)41-3/h5-9,11,33,36H,4,10,12H2,1-3H3. The van der Waals surface area contributed by atoms with E-state index >= 15 is 4.39 Å². The summed E-state index contributed by atoms with van der Waals surface area (Å²) < 4.78 is 61.1. The van der Waals surface area contributed by atoms with Crippen LogP contribution in [0.5, 0.6) is 11.5 Å². The SMILES string of the molecule is CCOC(=O)c1cn(-c2cc(NCc3ccc(OC)cc3OC)c(F)cc2CO)c2c(Cl)c(F)c(F)c(N=O)c2c1=O. The molecule has 1 aromatic heterocycles. The monoisotopic (exact) mass is 605 g/mol. The van der Waals surface area contributed by atoms with E-state index in [2.05, 4.69) is 10.5 Å². The maximum absolute atomic E-state index is 15.2. The predicted molar refractivity (Wildman–Crippen MR) is 149 cm³/mol. The molecule has 4 rings (SSSR count). The van der Waals surface area contributed by atoms with E-state index in [9.17, 15) is 28.4 Å². The quantitative estimate of drug-likeness (QED) is 0.133. The number of methoxy groups -OCH3 is 2. The number of benzene rings is 3. The van der Waals surface area contributed by atoms with Crippen molar-refractivity contribution in [1.29, 1.82) is 0 Å². The molecule has 0 aliphatic heterocycles. The van der Waals surface area contributed by atoms with Crippen LogP contribution in [-0.4, -0.2) is 36.5 Å². The van der Waals surface area contributed by atoms with Gasteiger partial charge >= 0.3 is 5.97 Å². The van der Waals surface area contributed by atoms with Crippen LogP contribution in [-0.2, 0) is 17.9 Å². The highest BCUT2D eigenvalue weighted by atomic mass is 35.5. The van der Waals surface area contributed by atoms with Crippen molar-refractivity contribution in [3.63, 3.8) is 0 Å². The molecule has 2 N–H and O–H groups in total. The van der Waals surface area contributed by atoms with Gasteiger partial charge in [-0.3, -0.25) is 4.79 Å². The summed E-state index contributed by atoms with van der Waals surface area (Å²) in [5.41, 5.74) is -3.36. The van der Waals surface area contributed by atoms with E-state index in [1.165, 1.54) is 27.2 Å². The zero-order valence-corrected chi connectivity index (χ0v) is 23.1. The van der Waals surface area contributed by atoms with Crippen LogP contribution in [0.15, 0.2) is 46.5 Å². The lowest BCUT2D eigenvalue weighted by Gasteiger charge is -2.20. The molecule has 0 atom stereocenters. The van der Waals surface area contributed by atoms with Crippen molar-refractivity contribution in [2.75, 3.05) is 26.1 Å². The Bertz CT molecular complexity index is 1780. The lowest BCUT2D eigenvalue weighted by Crippen LogP contribution is -2.22. The van der Waals surface area contributed by atoms with Crippen LogP contribution in [0.2, 0.25) is 5.02 Å². The van der Waals surface area contributed by atoms with Crippen molar-refractivity contribution in [2.24, 2.45) is 5.18 Å². The Morgan fingerprint density at radius 3 is 2.45 bits per heavy atom. The Kier molecular flexibility index (Phi) is 9.02. The number of anilines is 1. The topological polar surface area (TPSA) is 128 Å². The molecule has 3 aromatic carbocycles. The van der Waals surface area contributed by atoms with E-state index in [0.29, 0.717) is 17.1 Å². The smallest absolute Gasteiger partial charge is 0.343 e. The largest absolute Gasteiger partial charge is 0.497 e. The van der Waals surface area contributed by atoms with E-state index in [1.807, 2.05) is 0 Å². The Morgan fingerprint density at radius 1 is 1.10 bits per heavy atom. The average molecular weight is 606 g/mol. The second kappa shape index (κ2) is 12.5. The molecule has 42 heavy (non-hydrogen) atoms. The number of hydrogen-bond acceptors (Lipinski definition) is 9. The number of nitrogens with one attached hydrogen (secondary N) is 1. The molecule has 14 heteroatoms. The number of nitroso groups, excluding NO2 is 1. The van der Waals surface area contributed by atoms with Crippen molar-refractivity contribution in [1.82, 2.24) is 4.57 Å². The van der Waals surface area contributed by atoms with E-state index in [0.717, 1.165) is 16.8 Å². The van der Waals surface area contributed by atoms with Crippen LogP contribution in [0.25, 0.3) is 16.6 Å². The molecule has 0 amide bonds. The Hall–Kier alpha value is -4.62. The van der Waals surface area contributed by atoms with E-state index in [1.54, 1.807) is 18.2 Å². The summed E-state index contributed by atoms with van der Waals surface area (Å²) in [6.07, 6.45) is 0.920. The number of fused-ring (bicyclic) bond motifs is 1. The highest BCUT2D eigenvalue weighted by Gasteiger charge is 2.28. The molecule has 4 aromatic rings. The lowest BCUT2D eigenvalue weighted by atomic mass is 10.1. The van der Waals surface area contributed by atoms with Gasteiger partial charge in [-0.2, -0.15) is 0 Å². The highest BCUT2D eigenvalue weighted by molar-refractivity contribution is 6.36. The van der Waals surface area contributed by atoms with Crippen LogP contribution in [0.4, 0.5) is 24.5 Å². The molecule has 0 aliphatic carbocycles. The zero-order chi connectivity index (χ0) is 30.7. The molecule has 0 radical (unpaired) electrons. The van der Waals surface area contributed by atoms with E-state index in [4.69, 9.17) is 25.8 Å². The molecule has 0 spiro atoms. The number of aliphatic hydroxyl groups is 1. The van der Waals surface area contributed by atoms with Gasteiger partial charge in [-0.15, -0.1) is 4.91 Å².